The number of hydrogen-bond acceptors (Lipinski definition) is 6. The van der Waals surface area contributed by atoms with E-state index < -0.39 is 12.6 Å². The van der Waals surface area contributed by atoms with Gasteiger partial charge in [0.25, 0.3) is 0 Å². The lowest BCUT2D eigenvalue weighted by molar-refractivity contribution is -0.344. The maximum atomic E-state index is 8.82. The number of aliphatic hydroxyl groups is 1. The fourth-order valence-corrected chi connectivity index (χ4v) is 0.554. The molecule has 1 aliphatic rings. The highest BCUT2D eigenvalue weighted by Gasteiger charge is 2.42. The van der Waals surface area contributed by atoms with Gasteiger partial charge < -0.3 is 19.3 Å². The van der Waals surface area contributed by atoms with E-state index in [0.29, 0.717) is 0 Å². The summed E-state index contributed by atoms with van der Waals surface area (Å²) in [7, 11) is 2.86. The van der Waals surface area contributed by atoms with Crippen LogP contribution in [0.4, 0.5) is 0 Å². The molecule has 6 heteroatoms. The third-order valence-electron chi connectivity index (χ3n) is 1.29. The Morgan fingerprint density at radius 1 is 1.42 bits per heavy atom. The monoisotopic (exact) mass is 180 g/mol. The van der Waals surface area contributed by atoms with Crippen LogP contribution in [0.5, 0.6) is 0 Å². The van der Waals surface area contributed by atoms with E-state index >= 15 is 0 Å². The molecule has 12 heavy (non-hydrogen) atoms. The van der Waals surface area contributed by atoms with Crippen LogP contribution in [0.1, 0.15) is 0 Å². The van der Waals surface area contributed by atoms with E-state index in [4.69, 9.17) is 14.6 Å². The highest BCUT2D eigenvalue weighted by Crippen LogP contribution is 2.23. The third kappa shape index (κ3) is 3.02. The van der Waals surface area contributed by atoms with Crippen LogP contribution in [0.3, 0.4) is 0 Å². The molecule has 0 aromatic heterocycles. The summed E-state index contributed by atoms with van der Waals surface area (Å²) in [6, 6.07) is 0. The number of rotatable bonds is 6. The van der Waals surface area contributed by atoms with Crippen LogP contribution in [-0.2, 0) is 24.0 Å². The Kier molecular flexibility index (Phi) is 3.86. The minimum absolute atomic E-state index is 0.0627. The zero-order valence-corrected chi connectivity index (χ0v) is 6.93. The smallest absolute Gasteiger partial charge is 0.245 e. The van der Waals surface area contributed by atoms with Gasteiger partial charge in [-0.3, -0.25) is 0 Å². The van der Waals surface area contributed by atoms with Crippen molar-refractivity contribution in [3.8, 4) is 0 Å². The average molecular weight is 180 g/mol. The van der Waals surface area contributed by atoms with Crippen LogP contribution in [0.25, 0.3) is 0 Å². The molecule has 0 radical (unpaired) electrons. The molecule has 1 rings (SSSR count). The van der Waals surface area contributed by atoms with Gasteiger partial charge in [-0.05, 0) is 0 Å². The minimum Gasteiger partial charge on any atom is -0.366 e. The minimum atomic E-state index is -0.982. The van der Waals surface area contributed by atoms with Crippen LogP contribution in [0.2, 0.25) is 0 Å². The van der Waals surface area contributed by atoms with Crippen molar-refractivity contribution in [2.75, 3.05) is 20.8 Å². The van der Waals surface area contributed by atoms with Crippen LogP contribution in [0.15, 0.2) is 0 Å². The van der Waals surface area contributed by atoms with Crippen LogP contribution < -0.4 is 0 Å². The number of methoxy groups -OCH3 is 2. The molecule has 72 valence electrons. The molecule has 6 nitrogen and oxygen atoms in total. The van der Waals surface area contributed by atoms with Crippen LogP contribution in [0, 0.1) is 0 Å². The zero-order chi connectivity index (χ0) is 8.97. The Morgan fingerprint density at radius 3 is 2.67 bits per heavy atom. The van der Waals surface area contributed by atoms with E-state index in [-0.39, 0.29) is 12.9 Å². The highest BCUT2D eigenvalue weighted by atomic mass is 17.2. The first-order valence-corrected chi connectivity index (χ1v) is 3.45. The molecule has 1 N–H and O–H groups in total. The van der Waals surface area contributed by atoms with Crippen molar-refractivity contribution in [3.05, 3.63) is 0 Å². The normalized spacial score (nSPS) is 30.2. The number of hydrogen-bond donors (Lipinski definition) is 1. The van der Waals surface area contributed by atoms with Gasteiger partial charge in [0, 0.05) is 14.2 Å². The largest absolute Gasteiger partial charge is 0.366 e. The van der Waals surface area contributed by atoms with E-state index in [2.05, 4.69) is 14.5 Å². The molecule has 0 aromatic carbocycles. The first kappa shape index (κ1) is 9.85. The molecule has 3 unspecified atom stereocenters. The van der Waals surface area contributed by atoms with E-state index in [1.165, 1.54) is 14.2 Å². The van der Waals surface area contributed by atoms with Crippen molar-refractivity contribution in [2.45, 2.75) is 18.9 Å². The summed E-state index contributed by atoms with van der Waals surface area (Å²) in [6.45, 7) is -0.0627. The summed E-state index contributed by atoms with van der Waals surface area (Å²) in [6.07, 6.45) is -1.83. The molecular formula is C6H12O6. The van der Waals surface area contributed by atoms with Gasteiger partial charge in [-0.15, -0.1) is 0 Å². The van der Waals surface area contributed by atoms with Gasteiger partial charge in [0.2, 0.25) is 12.6 Å². The Hall–Kier alpha value is -0.240. The van der Waals surface area contributed by atoms with E-state index in [9.17, 15) is 0 Å². The Morgan fingerprint density at radius 2 is 2.17 bits per heavy atom. The highest BCUT2D eigenvalue weighted by molar-refractivity contribution is 4.62. The van der Waals surface area contributed by atoms with Gasteiger partial charge in [0.15, 0.2) is 6.29 Å². The number of epoxide rings is 1. The average Bonchev–Trinajstić information content (AvgIpc) is 2.83. The molecule has 0 bridgehead atoms. The summed E-state index contributed by atoms with van der Waals surface area (Å²) in [5.41, 5.74) is 0. The van der Waals surface area contributed by atoms with Crippen molar-refractivity contribution >= 4 is 0 Å². The second-order valence-corrected chi connectivity index (χ2v) is 2.18. The van der Waals surface area contributed by atoms with Gasteiger partial charge >= 0.3 is 0 Å². The lowest BCUT2D eigenvalue weighted by atomic mass is 10.7. The molecule has 1 aliphatic heterocycles. The van der Waals surface area contributed by atoms with Crippen LogP contribution >= 0.6 is 0 Å². The molecule has 1 fully saturated rings. The predicted octanol–water partition coefficient (Wildman–Crippen LogP) is -0.772. The van der Waals surface area contributed by atoms with Crippen LogP contribution in [-0.4, -0.2) is 44.8 Å². The Bertz CT molecular complexity index is 129. The summed E-state index contributed by atoms with van der Waals surface area (Å²) in [5.74, 6) is 0. The fraction of sp³-hybridized carbons (Fsp3) is 1.00. The van der Waals surface area contributed by atoms with Crippen molar-refractivity contribution in [3.63, 3.8) is 0 Å². The molecule has 0 aliphatic carbocycles. The SMILES string of the molecule is COC(O)COOC1OC1OC. The second-order valence-electron chi connectivity index (χ2n) is 2.18. The second kappa shape index (κ2) is 4.70. The zero-order valence-electron chi connectivity index (χ0n) is 6.93. The Balaban J connectivity index is 1.90. The molecular weight excluding hydrogens is 168 g/mol. The quantitative estimate of drug-likeness (QED) is 0.250. The maximum absolute atomic E-state index is 8.82. The summed E-state index contributed by atoms with van der Waals surface area (Å²) < 4.78 is 14.0. The topological polar surface area (TPSA) is 69.7 Å². The number of ether oxygens (including phenoxy) is 3. The summed E-state index contributed by atoms with van der Waals surface area (Å²) in [5, 5.41) is 8.82. The molecule has 1 saturated heterocycles. The lowest BCUT2D eigenvalue weighted by Crippen LogP contribution is -2.18. The van der Waals surface area contributed by atoms with Crippen molar-refractivity contribution in [2.24, 2.45) is 0 Å². The molecule has 0 spiro atoms. The molecule has 0 amide bonds. The molecule has 3 atom stereocenters. The fourth-order valence-electron chi connectivity index (χ4n) is 0.554. The third-order valence-corrected chi connectivity index (χ3v) is 1.29. The standard InChI is InChI=1S/C6H12O6/c1-8-4(7)3-10-12-6-5(9-2)11-6/h4-7H,3H2,1-2H3. The van der Waals surface area contributed by atoms with Gasteiger partial charge in [-0.2, -0.15) is 4.89 Å². The van der Waals surface area contributed by atoms with Gasteiger partial charge in [0.05, 0.1) is 0 Å². The van der Waals surface area contributed by atoms with E-state index in [0.717, 1.165) is 0 Å². The van der Waals surface area contributed by atoms with E-state index in [1.807, 2.05) is 0 Å². The first-order chi connectivity index (χ1) is 5.77. The van der Waals surface area contributed by atoms with Crippen molar-refractivity contribution < 1.29 is 29.1 Å². The molecule has 1 heterocycles. The van der Waals surface area contributed by atoms with Crippen molar-refractivity contribution in [1.29, 1.82) is 0 Å². The van der Waals surface area contributed by atoms with Gasteiger partial charge in [-0.1, -0.05) is 0 Å². The maximum Gasteiger partial charge on any atom is 0.245 e. The lowest BCUT2D eigenvalue weighted by Gasteiger charge is -2.06. The summed E-state index contributed by atoms with van der Waals surface area (Å²) >= 11 is 0. The van der Waals surface area contributed by atoms with E-state index in [1.54, 1.807) is 0 Å². The molecule has 0 saturated carbocycles. The predicted molar refractivity (Wildman–Crippen MR) is 35.7 cm³/mol. The van der Waals surface area contributed by atoms with Gasteiger partial charge in [-0.25, -0.2) is 4.89 Å². The number of aliphatic hydroxyl groups excluding tert-OH is 1. The van der Waals surface area contributed by atoms with Crippen molar-refractivity contribution in [1.82, 2.24) is 0 Å². The first-order valence-electron chi connectivity index (χ1n) is 3.45. The summed E-state index contributed by atoms with van der Waals surface area (Å²) in [4.78, 5) is 9.20. The molecule has 0 aromatic rings. The Labute approximate surface area is 69.8 Å². The van der Waals surface area contributed by atoms with Gasteiger partial charge in [0.1, 0.15) is 6.61 Å².